The molecule has 0 saturated heterocycles. The SMILES string of the molecule is CC1(C)[C@H](NC(=O)c2ccc(OCCOCCOCCOCCOC3Cc4ccccc4C3)cc2)C(C)(C)[C@H]1Oc1ccc(C#N)c(Cl)c1. The van der Waals surface area contributed by atoms with Gasteiger partial charge >= 0.3 is 0 Å². The second-order valence-electron chi connectivity index (χ2n) is 13.7. The summed E-state index contributed by atoms with van der Waals surface area (Å²) < 4.78 is 34.8. The predicted octanol–water partition coefficient (Wildman–Crippen LogP) is 6.44. The normalized spacial score (nSPS) is 19.0. The van der Waals surface area contributed by atoms with E-state index in [0.717, 1.165) is 12.8 Å². The monoisotopic (exact) mass is 690 g/mol. The van der Waals surface area contributed by atoms with E-state index in [9.17, 15) is 4.79 Å². The third-order valence-corrected chi connectivity index (χ3v) is 9.69. The maximum absolute atomic E-state index is 13.2. The molecule has 0 aromatic heterocycles. The summed E-state index contributed by atoms with van der Waals surface area (Å²) in [5.74, 6) is 1.10. The Bertz CT molecular complexity index is 1550. The Morgan fingerprint density at radius 2 is 1.35 bits per heavy atom. The van der Waals surface area contributed by atoms with Crippen molar-refractivity contribution in [1.82, 2.24) is 5.32 Å². The lowest BCUT2D eigenvalue weighted by atomic mass is 9.49. The molecule has 0 spiro atoms. The summed E-state index contributed by atoms with van der Waals surface area (Å²) in [6.45, 7) is 12.2. The van der Waals surface area contributed by atoms with Gasteiger partial charge in [-0.1, -0.05) is 63.6 Å². The van der Waals surface area contributed by atoms with Crippen LogP contribution in [0.2, 0.25) is 5.02 Å². The molecular formula is C39H47ClN2O7. The Balaban J connectivity index is 0.903. The van der Waals surface area contributed by atoms with Gasteiger partial charge in [0.05, 0.1) is 62.9 Å². The van der Waals surface area contributed by atoms with E-state index < -0.39 is 0 Å². The van der Waals surface area contributed by atoms with Gasteiger partial charge in [0.1, 0.15) is 30.3 Å². The molecule has 2 aliphatic rings. The number of hydrogen-bond acceptors (Lipinski definition) is 8. The summed E-state index contributed by atoms with van der Waals surface area (Å²) in [7, 11) is 0. The fraction of sp³-hybridized carbons (Fsp3) is 0.487. The van der Waals surface area contributed by atoms with Crippen LogP contribution in [-0.2, 0) is 31.8 Å². The molecule has 262 valence electrons. The van der Waals surface area contributed by atoms with Crippen LogP contribution >= 0.6 is 11.6 Å². The molecule has 0 unspecified atom stereocenters. The Hall–Kier alpha value is -3.65. The first-order valence-electron chi connectivity index (χ1n) is 16.9. The molecule has 0 aliphatic heterocycles. The number of carbonyl (C=O) groups excluding carboxylic acids is 1. The summed E-state index contributed by atoms with van der Waals surface area (Å²) in [5, 5.41) is 12.7. The minimum absolute atomic E-state index is 0.128. The van der Waals surface area contributed by atoms with Gasteiger partial charge in [-0.3, -0.25) is 4.79 Å². The highest BCUT2D eigenvalue weighted by atomic mass is 35.5. The second kappa shape index (κ2) is 16.8. The van der Waals surface area contributed by atoms with Gasteiger partial charge in [-0.2, -0.15) is 5.26 Å². The zero-order valence-electron chi connectivity index (χ0n) is 28.8. The molecule has 10 heteroatoms. The lowest BCUT2D eigenvalue weighted by Crippen LogP contribution is -2.74. The first kappa shape index (κ1) is 36.6. The minimum Gasteiger partial charge on any atom is -0.491 e. The van der Waals surface area contributed by atoms with E-state index in [-0.39, 0.29) is 35.0 Å². The highest BCUT2D eigenvalue weighted by Gasteiger charge is 2.64. The molecule has 3 aromatic rings. The number of rotatable bonds is 18. The van der Waals surface area contributed by atoms with Crippen LogP contribution in [0.1, 0.15) is 54.7 Å². The quantitative estimate of drug-likeness (QED) is 0.152. The molecule has 0 bridgehead atoms. The number of hydrogen-bond donors (Lipinski definition) is 1. The summed E-state index contributed by atoms with van der Waals surface area (Å²) in [6, 6.07) is 22.6. The van der Waals surface area contributed by atoms with Crippen molar-refractivity contribution in [1.29, 1.82) is 5.26 Å². The van der Waals surface area contributed by atoms with Gasteiger partial charge in [-0.15, -0.1) is 0 Å². The van der Waals surface area contributed by atoms with Gasteiger partial charge in [-0.05, 0) is 60.4 Å². The first-order chi connectivity index (χ1) is 23.6. The van der Waals surface area contributed by atoms with E-state index in [2.05, 4.69) is 63.3 Å². The van der Waals surface area contributed by atoms with Crippen molar-refractivity contribution in [3.05, 3.63) is 94.0 Å². The zero-order valence-corrected chi connectivity index (χ0v) is 29.6. The van der Waals surface area contributed by atoms with Crippen LogP contribution in [0.4, 0.5) is 0 Å². The molecule has 0 heterocycles. The van der Waals surface area contributed by atoms with Crippen LogP contribution < -0.4 is 14.8 Å². The molecule has 1 N–H and O–H groups in total. The molecule has 5 rings (SSSR count). The van der Waals surface area contributed by atoms with Gasteiger partial charge in [-0.25, -0.2) is 0 Å². The van der Waals surface area contributed by atoms with Crippen molar-refractivity contribution >= 4 is 17.5 Å². The Kier molecular flexibility index (Phi) is 12.6. The molecule has 1 fully saturated rings. The van der Waals surface area contributed by atoms with Gasteiger partial charge in [0, 0.05) is 28.5 Å². The fourth-order valence-electron chi connectivity index (χ4n) is 7.18. The highest BCUT2D eigenvalue weighted by Crippen LogP contribution is 2.55. The Morgan fingerprint density at radius 1 is 0.796 bits per heavy atom. The molecule has 0 radical (unpaired) electrons. The van der Waals surface area contributed by atoms with Gasteiger partial charge < -0.3 is 33.7 Å². The number of nitriles is 1. The number of carbonyl (C=O) groups is 1. The lowest BCUT2D eigenvalue weighted by molar-refractivity contribution is -0.164. The van der Waals surface area contributed by atoms with E-state index in [0.29, 0.717) is 80.5 Å². The van der Waals surface area contributed by atoms with Crippen LogP contribution in [0.15, 0.2) is 66.7 Å². The molecule has 3 aromatic carbocycles. The summed E-state index contributed by atoms with van der Waals surface area (Å²) >= 11 is 6.21. The smallest absolute Gasteiger partial charge is 0.251 e. The van der Waals surface area contributed by atoms with E-state index in [1.807, 2.05) is 0 Å². The largest absolute Gasteiger partial charge is 0.491 e. The van der Waals surface area contributed by atoms with Gasteiger partial charge in [0.2, 0.25) is 0 Å². The number of fused-ring (bicyclic) bond motifs is 1. The maximum Gasteiger partial charge on any atom is 0.251 e. The van der Waals surface area contributed by atoms with Crippen molar-refractivity contribution in [2.45, 2.75) is 58.8 Å². The van der Waals surface area contributed by atoms with Crippen molar-refractivity contribution in [2.24, 2.45) is 10.8 Å². The number of nitrogens with one attached hydrogen (secondary N) is 1. The molecule has 2 aliphatic carbocycles. The van der Waals surface area contributed by atoms with Crippen LogP contribution in [0.3, 0.4) is 0 Å². The molecule has 9 nitrogen and oxygen atoms in total. The summed E-state index contributed by atoms with van der Waals surface area (Å²) in [5.41, 5.74) is 3.03. The van der Waals surface area contributed by atoms with Crippen LogP contribution in [0.5, 0.6) is 11.5 Å². The fourth-order valence-corrected chi connectivity index (χ4v) is 7.40. The number of amides is 1. The third kappa shape index (κ3) is 9.33. The molecular weight excluding hydrogens is 644 g/mol. The Morgan fingerprint density at radius 3 is 1.92 bits per heavy atom. The van der Waals surface area contributed by atoms with Gasteiger partial charge in [0.25, 0.3) is 5.91 Å². The standard InChI is InChI=1S/C39H47ClN2O7/c1-38(2)36(39(3,4)37(38)49-32-14-11-30(26-41)34(40)25-32)42-35(43)27-9-12-31(13-10-27)47-21-19-45-17-15-44-16-18-46-20-22-48-33-23-28-7-5-6-8-29(28)24-33/h5-14,25,33,36-37H,15-24H2,1-4H3,(H,42,43)/t36-,37-. The van der Waals surface area contributed by atoms with Gasteiger partial charge in [0.15, 0.2) is 0 Å². The Labute approximate surface area is 294 Å². The summed E-state index contributed by atoms with van der Waals surface area (Å²) in [4.78, 5) is 13.2. The van der Waals surface area contributed by atoms with Crippen LogP contribution in [0.25, 0.3) is 0 Å². The predicted molar refractivity (Wildman–Crippen MR) is 187 cm³/mol. The number of nitrogens with zero attached hydrogens (tertiary/aromatic N) is 1. The average Bonchev–Trinajstić information content (AvgIpc) is 3.51. The molecule has 1 saturated carbocycles. The maximum atomic E-state index is 13.2. The second-order valence-corrected chi connectivity index (χ2v) is 14.1. The van der Waals surface area contributed by atoms with E-state index in [4.69, 9.17) is 45.3 Å². The van der Waals surface area contributed by atoms with Crippen LogP contribution in [0, 0.1) is 22.2 Å². The highest BCUT2D eigenvalue weighted by molar-refractivity contribution is 6.31. The third-order valence-electron chi connectivity index (χ3n) is 9.38. The minimum atomic E-state index is -0.347. The number of ether oxygens (including phenoxy) is 6. The zero-order chi connectivity index (χ0) is 34.9. The van der Waals surface area contributed by atoms with E-state index in [1.165, 1.54) is 11.1 Å². The van der Waals surface area contributed by atoms with Crippen molar-refractivity contribution in [3.63, 3.8) is 0 Å². The average molecular weight is 691 g/mol. The summed E-state index contributed by atoms with van der Waals surface area (Å²) in [6.07, 6.45) is 2.03. The lowest BCUT2D eigenvalue weighted by Gasteiger charge is -2.63. The first-order valence-corrected chi connectivity index (χ1v) is 17.3. The number of halogens is 1. The van der Waals surface area contributed by atoms with E-state index >= 15 is 0 Å². The topological polar surface area (TPSA) is 108 Å². The number of benzene rings is 3. The van der Waals surface area contributed by atoms with Crippen molar-refractivity contribution in [2.75, 3.05) is 52.9 Å². The molecule has 49 heavy (non-hydrogen) atoms. The molecule has 1 amide bonds. The molecule has 0 atom stereocenters. The van der Waals surface area contributed by atoms with E-state index in [1.54, 1.807) is 42.5 Å². The van der Waals surface area contributed by atoms with Crippen molar-refractivity contribution < 1.29 is 33.2 Å². The van der Waals surface area contributed by atoms with Crippen LogP contribution in [-0.4, -0.2) is 77.0 Å². The van der Waals surface area contributed by atoms with Crippen molar-refractivity contribution in [3.8, 4) is 17.6 Å².